The Hall–Kier alpha value is -4.01. The maximum absolute atomic E-state index is 12.9. The van der Waals surface area contributed by atoms with E-state index < -0.39 is 17.7 Å². The standard InChI is InChI=1S/C23H21N5O4/c29-19(14-26-21(30)17-8-4-5-9-18(17)22(26)31)24-12-13-27-23(32)28(16-10-11-16)20(25-27)15-6-2-1-3-7-15/h1-9,16H,10-14H2,(H,24,29). The lowest BCUT2D eigenvalue weighted by atomic mass is 10.1. The summed E-state index contributed by atoms with van der Waals surface area (Å²) in [6, 6.07) is 16.2. The van der Waals surface area contributed by atoms with E-state index in [0.717, 1.165) is 23.3 Å². The molecule has 1 saturated carbocycles. The predicted octanol–water partition coefficient (Wildman–Crippen LogP) is 1.46. The number of rotatable bonds is 7. The van der Waals surface area contributed by atoms with E-state index in [4.69, 9.17) is 0 Å². The number of hydrogen-bond acceptors (Lipinski definition) is 5. The first-order chi connectivity index (χ1) is 15.5. The molecule has 9 heteroatoms. The number of nitrogens with zero attached hydrogens (tertiary/aromatic N) is 4. The van der Waals surface area contributed by atoms with Crippen molar-refractivity contribution in [1.82, 2.24) is 24.6 Å². The van der Waals surface area contributed by atoms with E-state index in [9.17, 15) is 19.2 Å². The summed E-state index contributed by atoms with van der Waals surface area (Å²) in [5, 5.41) is 7.16. The number of carbonyl (C=O) groups excluding carboxylic acids is 3. The fraction of sp³-hybridized carbons (Fsp3) is 0.261. The van der Waals surface area contributed by atoms with Gasteiger partial charge in [0.25, 0.3) is 11.8 Å². The van der Waals surface area contributed by atoms with Gasteiger partial charge in [-0.3, -0.25) is 23.9 Å². The zero-order valence-corrected chi connectivity index (χ0v) is 17.2. The van der Waals surface area contributed by atoms with E-state index in [1.807, 2.05) is 30.3 Å². The molecule has 0 bridgehead atoms. The van der Waals surface area contributed by atoms with Gasteiger partial charge in [0.2, 0.25) is 5.91 Å². The van der Waals surface area contributed by atoms with Crippen molar-refractivity contribution in [3.05, 3.63) is 76.2 Å². The summed E-state index contributed by atoms with van der Waals surface area (Å²) in [6.45, 7) is -0.0307. The molecule has 0 atom stereocenters. The molecular weight excluding hydrogens is 410 g/mol. The second-order valence-electron chi connectivity index (χ2n) is 7.89. The molecule has 0 saturated heterocycles. The third-order valence-corrected chi connectivity index (χ3v) is 5.64. The van der Waals surface area contributed by atoms with Crippen molar-refractivity contribution in [2.75, 3.05) is 13.1 Å². The Labute approximate surface area is 183 Å². The molecule has 1 aromatic heterocycles. The maximum atomic E-state index is 12.9. The quantitative estimate of drug-likeness (QED) is 0.570. The SMILES string of the molecule is O=C(CN1C(=O)c2ccccc2C1=O)NCCn1nc(-c2ccccc2)n(C2CC2)c1=O. The second kappa shape index (κ2) is 7.92. The van der Waals surface area contributed by atoms with Gasteiger partial charge in [0.1, 0.15) is 6.54 Å². The fourth-order valence-electron chi connectivity index (χ4n) is 3.90. The van der Waals surface area contributed by atoms with E-state index >= 15 is 0 Å². The molecule has 0 spiro atoms. The van der Waals surface area contributed by atoms with Crippen LogP contribution in [0.5, 0.6) is 0 Å². The van der Waals surface area contributed by atoms with Gasteiger partial charge < -0.3 is 5.32 Å². The first kappa shape index (κ1) is 19.9. The van der Waals surface area contributed by atoms with Crippen molar-refractivity contribution in [1.29, 1.82) is 0 Å². The van der Waals surface area contributed by atoms with E-state index in [2.05, 4.69) is 10.4 Å². The zero-order valence-electron chi connectivity index (χ0n) is 17.2. The highest BCUT2D eigenvalue weighted by atomic mass is 16.2. The van der Waals surface area contributed by atoms with Crippen LogP contribution in [0.15, 0.2) is 59.4 Å². The Balaban J connectivity index is 1.24. The molecule has 9 nitrogen and oxygen atoms in total. The Morgan fingerprint density at radius 2 is 1.56 bits per heavy atom. The molecule has 2 aliphatic rings. The molecule has 32 heavy (non-hydrogen) atoms. The lowest BCUT2D eigenvalue weighted by Gasteiger charge is -2.13. The van der Waals surface area contributed by atoms with E-state index in [0.29, 0.717) is 17.0 Å². The third-order valence-electron chi connectivity index (χ3n) is 5.64. The minimum atomic E-state index is -0.479. The van der Waals surface area contributed by atoms with Gasteiger partial charge in [-0.1, -0.05) is 42.5 Å². The largest absolute Gasteiger partial charge is 0.353 e. The lowest BCUT2D eigenvalue weighted by molar-refractivity contribution is -0.121. The van der Waals surface area contributed by atoms with Gasteiger partial charge in [0, 0.05) is 18.2 Å². The summed E-state index contributed by atoms with van der Waals surface area (Å²) in [5.41, 5.74) is 1.26. The van der Waals surface area contributed by atoms with Gasteiger partial charge in [0.15, 0.2) is 5.82 Å². The summed E-state index contributed by atoms with van der Waals surface area (Å²) in [6.07, 6.45) is 1.89. The van der Waals surface area contributed by atoms with Crippen LogP contribution in [0.25, 0.3) is 11.4 Å². The summed E-state index contributed by atoms with van der Waals surface area (Å²) < 4.78 is 3.07. The maximum Gasteiger partial charge on any atom is 0.346 e. The molecule has 0 unspecified atom stereocenters. The zero-order chi connectivity index (χ0) is 22.2. The molecule has 1 aliphatic heterocycles. The van der Waals surface area contributed by atoms with Gasteiger partial charge in [-0.15, -0.1) is 5.10 Å². The lowest BCUT2D eigenvalue weighted by Crippen LogP contribution is -2.41. The Bertz CT molecular complexity index is 1240. The predicted molar refractivity (Wildman–Crippen MR) is 115 cm³/mol. The molecular formula is C23H21N5O4. The topological polar surface area (TPSA) is 106 Å². The monoisotopic (exact) mass is 431 g/mol. The van der Waals surface area contributed by atoms with Crippen molar-refractivity contribution < 1.29 is 14.4 Å². The van der Waals surface area contributed by atoms with Crippen LogP contribution in [0.2, 0.25) is 0 Å². The van der Waals surface area contributed by atoms with E-state index in [1.54, 1.807) is 28.8 Å². The Morgan fingerprint density at radius 1 is 0.938 bits per heavy atom. The fourth-order valence-corrected chi connectivity index (χ4v) is 3.90. The van der Waals surface area contributed by atoms with Gasteiger partial charge in [-0.25, -0.2) is 9.48 Å². The number of hydrogen-bond donors (Lipinski definition) is 1. The third kappa shape index (κ3) is 3.51. The summed E-state index contributed by atoms with van der Waals surface area (Å²) in [7, 11) is 0. The Kier molecular flexibility index (Phi) is 4.93. The molecule has 2 aromatic carbocycles. The van der Waals surface area contributed by atoms with Gasteiger partial charge in [0.05, 0.1) is 17.7 Å². The normalized spacial score (nSPS) is 15.2. The van der Waals surface area contributed by atoms with Crippen LogP contribution in [0.4, 0.5) is 0 Å². The molecule has 1 N–H and O–H groups in total. The molecule has 2 heterocycles. The van der Waals surface area contributed by atoms with Crippen LogP contribution in [-0.2, 0) is 11.3 Å². The van der Waals surface area contributed by atoms with E-state index in [1.165, 1.54) is 4.68 Å². The number of nitrogens with one attached hydrogen (secondary N) is 1. The first-order valence-corrected chi connectivity index (χ1v) is 10.5. The summed E-state index contributed by atoms with van der Waals surface area (Å²) >= 11 is 0. The number of benzene rings is 2. The van der Waals surface area contributed by atoms with Gasteiger partial charge >= 0.3 is 5.69 Å². The van der Waals surface area contributed by atoms with Crippen molar-refractivity contribution in [3.63, 3.8) is 0 Å². The van der Waals surface area contributed by atoms with Crippen molar-refractivity contribution in [3.8, 4) is 11.4 Å². The molecule has 1 fully saturated rings. The molecule has 5 rings (SSSR count). The highest BCUT2D eigenvalue weighted by Crippen LogP contribution is 2.36. The van der Waals surface area contributed by atoms with Crippen LogP contribution >= 0.6 is 0 Å². The smallest absolute Gasteiger partial charge is 0.346 e. The van der Waals surface area contributed by atoms with Crippen LogP contribution in [0, 0.1) is 0 Å². The van der Waals surface area contributed by atoms with Crippen LogP contribution in [0.3, 0.4) is 0 Å². The number of imide groups is 1. The number of carbonyl (C=O) groups is 3. The van der Waals surface area contributed by atoms with E-state index in [-0.39, 0.29) is 31.4 Å². The van der Waals surface area contributed by atoms with Crippen LogP contribution < -0.4 is 11.0 Å². The minimum Gasteiger partial charge on any atom is -0.353 e. The van der Waals surface area contributed by atoms with Crippen molar-refractivity contribution in [2.24, 2.45) is 0 Å². The summed E-state index contributed by atoms with van der Waals surface area (Å²) in [5.74, 6) is -0.812. The van der Waals surface area contributed by atoms with Crippen molar-refractivity contribution >= 4 is 17.7 Å². The summed E-state index contributed by atoms with van der Waals surface area (Å²) in [4.78, 5) is 50.9. The molecule has 3 aromatic rings. The van der Waals surface area contributed by atoms with Gasteiger partial charge in [-0.05, 0) is 25.0 Å². The molecule has 0 radical (unpaired) electrons. The molecule has 3 amide bonds. The highest BCUT2D eigenvalue weighted by molar-refractivity contribution is 6.22. The molecule has 162 valence electrons. The number of aromatic nitrogens is 3. The van der Waals surface area contributed by atoms with Crippen molar-refractivity contribution in [2.45, 2.75) is 25.4 Å². The highest BCUT2D eigenvalue weighted by Gasteiger charge is 2.36. The Morgan fingerprint density at radius 3 is 2.19 bits per heavy atom. The second-order valence-corrected chi connectivity index (χ2v) is 7.89. The van der Waals surface area contributed by atoms with Crippen LogP contribution in [-0.4, -0.2) is 50.1 Å². The molecule has 1 aliphatic carbocycles. The average Bonchev–Trinajstić information content (AvgIpc) is 3.56. The number of amides is 3. The van der Waals surface area contributed by atoms with Crippen LogP contribution in [0.1, 0.15) is 39.6 Å². The average molecular weight is 431 g/mol. The minimum absolute atomic E-state index is 0.151. The van der Waals surface area contributed by atoms with Gasteiger partial charge in [-0.2, -0.15) is 0 Å². The first-order valence-electron chi connectivity index (χ1n) is 10.5. The number of fused-ring (bicyclic) bond motifs is 1.